The highest BCUT2D eigenvalue weighted by Crippen LogP contribution is 2.20. The average molecular weight is 287 g/mol. The zero-order valence-electron chi connectivity index (χ0n) is 12.4. The highest BCUT2D eigenvalue weighted by Gasteiger charge is 2.19. The summed E-state index contributed by atoms with van der Waals surface area (Å²) in [4.78, 5) is 24.1. The molecule has 2 aromatic rings. The zero-order chi connectivity index (χ0) is 15.6. The molecular weight excluding hydrogens is 270 g/mol. The van der Waals surface area contributed by atoms with Crippen LogP contribution in [0, 0.1) is 20.8 Å². The van der Waals surface area contributed by atoms with E-state index in [4.69, 9.17) is 4.74 Å². The number of benzene rings is 1. The maximum Gasteiger partial charge on any atom is 0.339 e. The number of carbonyl (C=O) groups excluding carboxylic acids is 2. The molecule has 6 heteroatoms. The molecule has 1 aromatic heterocycles. The summed E-state index contributed by atoms with van der Waals surface area (Å²) in [7, 11) is 1.31. The van der Waals surface area contributed by atoms with Crippen LogP contribution in [0.15, 0.2) is 18.2 Å². The Bertz CT molecular complexity index is 685. The van der Waals surface area contributed by atoms with Gasteiger partial charge in [-0.1, -0.05) is 11.6 Å². The van der Waals surface area contributed by atoms with E-state index in [0.717, 1.165) is 5.56 Å². The van der Waals surface area contributed by atoms with Crippen molar-refractivity contribution in [3.63, 3.8) is 0 Å². The topological polar surface area (TPSA) is 84.1 Å². The monoisotopic (exact) mass is 287 g/mol. The van der Waals surface area contributed by atoms with E-state index in [1.807, 2.05) is 13.0 Å². The minimum atomic E-state index is -0.491. The Morgan fingerprint density at radius 2 is 1.95 bits per heavy atom. The number of ether oxygens (including phenoxy) is 1. The van der Waals surface area contributed by atoms with Gasteiger partial charge in [-0.25, -0.2) is 4.79 Å². The number of methoxy groups -OCH3 is 1. The zero-order valence-corrected chi connectivity index (χ0v) is 12.4. The molecule has 0 atom stereocenters. The van der Waals surface area contributed by atoms with Gasteiger partial charge in [-0.15, -0.1) is 0 Å². The number of anilines is 1. The van der Waals surface area contributed by atoms with Crippen molar-refractivity contribution in [1.29, 1.82) is 0 Å². The van der Waals surface area contributed by atoms with Crippen LogP contribution >= 0.6 is 0 Å². The van der Waals surface area contributed by atoms with Crippen LogP contribution in [0.5, 0.6) is 0 Å². The number of hydrogen-bond acceptors (Lipinski definition) is 4. The van der Waals surface area contributed by atoms with Crippen LogP contribution < -0.4 is 5.32 Å². The highest BCUT2D eigenvalue weighted by atomic mass is 16.5. The van der Waals surface area contributed by atoms with Gasteiger partial charge in [-0.2, -0.15) is 5.10 Å². The fraction of sp³-hybridized carbons (Fsp3) is 0.267. The Morgan fingerprint density at radius 1 is 1.24 bits per heavy atom. The van der Waals surface area contributed by atoms with Crippen molar-refractivity contribution in [1.82, 2.24) is 10.2 Å². The van der Waals surface area contributed by atoms with Crippen molar-refractivity contribution >= 4 is 17.6 Å². The number of aryl methyl sites for hydroxylation is 3. The lowest BCUT2D eigenvalue weighted by atomic mass is 10.1. The number of H-pyrrole nitrogens is 1. The van der Waals surface area contributed by atoms with Crippen molar-refractivity contribution in [2.24, 2.45) is 0 Å². The minimum absolute atomic E-state index is 0.312. The summed E-state index contributed by atoms with van der Waals surface area (Å²) >= 11 is 0. The normalized spacial score (nSPS) is 10.3. The molecule has 0 saturated heterocycles. The standard InChI is InChI=1S/C15H17N3O3/c1-8-5-6-12(11(7-8)15(20)21-4)16-14(19)13-9(2)17-18-10(13)3/h5-7H,1-4H3,(H,16,19)(H,17,18). The van der Waals surface area contributed by atoms with Crippen molar-refractivity contribution in [2.45, 2.75) is 20.8 Å². The first-order valence-corrected chi connectivity index (χ1v) is 6.46. The Kier molecular flexibility index (Phi) is 4.07. The number of nitrogens with zero attached hydrogens (tertiary/aromatic N) is 1. The molecule has 0 bridgehead atoms. The molecule has 0 fully saturated rings. The fourth-order valence-corrected chi connectivity index (χ4v) is 2.12. The largest absolute Gasteiger partial charge is 0.465 e. The molecule has 0 unspecified atom stereocenters. The van der Waals surface area contributed by atoms with Crippen molar-refractivity contribution < 1.29 is 14.3 Å². The number of nitrogens with one attached hydrogen (secondary N) is 2. The summed E-state index contributed by atoms with van der Waals surface area (Å²) in [5, 5.41) is 9.49. The van der Waals surface area contributed by atoms with E-state index >= 15 is 0 Å². The molecule has 21 heavy (non-hydrogen) atoms. The molecule has 2 N–H and O–H groups in total. The van der Waals surface area contributed by atoms with E-state index in [1.165, 1.54) is 7.11 Å². The Labute approximate surface area is 122 Å². The van der Waals surface area contributed by atoms with Gasteiger partial charge in [0.2, 0.25) is 0 Å². The summed E-state index contributed by atoms with van der Waals surface area (Å²) < 4.78 is 4.74. The lowest BCUT2D eigenvalue weighted by molar-refractivity contribution is 0.0602. The van der Waals surface area contributed by atoms with Gasteiger partial charge < -0.3 is 10.1 Å². The third-order valence-electron chi connectivity index (χ3n) is 3.18. The third kappa shape index (κ3) is 2.94. The van der Waals surface area contributed by atoms with Crippen molar-refractivity contribution in [3.05, 3.63) is 46.3 Å². The number of aromatic nitrogens is 2. The van der Waals surface area contributed by atoms with Gasteiger partial charge >= 0.3 is 5.97 Å². The van der Waals surface area contributed by atoms with E-state index in [9.17, 15) is 9.59 Å². The van der Waals surface area contributed by atoms with Gasteiger partial charge in [0.25, 0.3) is 5.91 Å². The van der Waals surface area contributed by atoms with Crippen molar-refractivity contribution in [3.8, 4) is 0 Å². The van der Waals surface area contributed by atoms with E-state index < -0.39 is 5.97 Å². The van der Waals surface area contributed by atoms with Gasteiger partial charge in [0, 0.05) is 5.69 Å². The maximum absolute atomic E-state index is 12.3. The second-order valence-electron chi connectivity index (χ2n) is 4.80. The van der Waals surface area contributed by atoms with Gasteiger partial charge in [-0.3, -0.25) is 9.89 Å². The SMILES string of the molecule is COC(=O)c1cc(C)ccc1NC(=O)c1c(C)n[nH]c1C. The van der Waals surface area contributed by atoms with Crippen LogP contribution in [0.25, 0.3) is 0 Å². The number of amides is 1. The van der Waals surface area contributed by atoms with Crippen LogP contribution in [-0.2, 0) is 4.74 Å². The summed E-state index contributed by atoms with van der Waals surface area (Å²) in [6.45, 7) is 5.38. The molecule has 0 aliphatic rings. The van der Waals surface area contributed by atoms with Gasteiger partial charge in [0.05, 0.1) is 29.6 Å². The van der Waals surface area contributed by atoms with Crippen molar-refractivity contribution in [2.75, 3.05) is 12.4 Å². The summed E-state index contributed by atoms with van der Waals surface area (Å²) in [6.07, 6.45) is 0. The van der Waals surface area contributed by atoms with Gasteiger partial charge in [0.15, 0.2) is 0 Å². The Balaban J connectivity index is 2.36. The predicted octanol–water partition coefficient (Wildman–Crippen LogP) is 2.37. The number of carbonyl (C=O) groups is 2. The van der Waals surface area contributed by atoms with Crippen LogP contribution in [0.3, 0.4) is 0 Å². The molecule has 0 aliphatic heterocycles. The van der Waals surface area contributed by atoms with Crippen LogP contribution in [0.1, 0.15) is 37.7 Å². The van der Waals surface area contributed by atoms with Gasteiger partial charge in [0.1, 0.15) is 0 Å². The predicted molar refractivity (Wildman–Crippen MR) is 78.5 cm³/mol. The molecule has 0 radical (unpaired) electrons. The number of aromatic amines is 1. The molecule has 110 valence electrons. The first kappa shape index (κ1) is 14.8. The Morgan fingerprint density at radius 3 is 2.52 bits per heavy atom. The highest BCUT2D eigenvalue weighted by molar-refractivity contribution is 6.09. The lowest BCUT2D eigenvalue weighted by Gasteiger charge is -2.10. The minimum Gasteiger partial charge on any atom is -0.465 e. The molecule has 1 heterocycles. The summed E-state index contributed by atoms with van der Waals surface area (Å²) in [6, 6.07) is 5.18. The number of rotatable bonds is 3. The van der Waals surface area contributed by atoms with E-state index in [2.05, 4.69) is 15.5 Å². The first-order valence-electron chi connectivity index (χ1n) is 6.46. The molecule has 1 aromatic carbocycles. The lowest BCUT2D eigenvalue weighted by Crippen LogP contribution is -2.16. The average Bonchev–Trinajstić information content (AvgIpc) is 2.79. The molecule has 0 spiro atoms. The van der Waals surface area contributed by atoms with Gasteiger partial charge in [-0.05, 0) is 32.9 Å². The maximum atomic E-state index is 12.3. The van der Waals surface area contributed by atoms with Crippen LogP contribution in [0.4, 0.5) is 5.69 Å². The molecule has 6 nitrogen and oxygen atoms in total. The molecule has 1 amide bonds. The number of esters is 1. The van der Waals surface area contributed by atoms with E-state index in [-0.39, 0.29) is 5.91 Å². The fourth-order valence-electron chi connectivity index (χ4n) is 2.12. The molecular formula is C15H17N3O3. The molecule has 0 aliphatic carbocycles. The quantitative estimate of drug-likeness (QED) is 0.849. The van der Waals surface area contributed by atoms with Crippen LogP contribution in [0.2, 0.25) is 0 Å². The Hall–Kier alpha value is -2.63. The summed E-state index contributed by atoms with van der Waals surface area (Å²) in [5.74, 6) is -0.803. The van der Waals surface area contributed by atoms with E-state index in [0.29, 0.717) is 28.2 Å². The number of hydrogen-bond donors (Lipinski definition) is 2. The second kappa shape index (κ2) is 5.78. The van der Waals surface area contributed by atoms with Crippen LogP contribution in [-0.4, -0.2) is 29.2 Å². The summed E-state index contributed by atoms with van der Waals surface area (Å²) in [5.41, 5.74) is 3.41. The first-order chi connectivity index (χ1) is 9.93. The molecule has 2 rings (SSSR count). The smallest absolute Gasteiger partial charge is 0.339 e. The second-order valence-corrected chi connectivity index (χ2v) is 4.80. The molecule has 0 saturated carbocycles. The third-order valence-corrected chi connectivity index (χ3v) is 3.18. The van der Waals surface area contributed by atoms with E-state index in [1.54, 1.807) is 26.0 Å².